The summed E-state index contributed by atoms with van der Waals surface area (Å²) in [7, 11) is -3.62. The number of carbonyl (C=O) groups is 2. The van der Waals surface area contributed by atoms with Gasteiger partial charge in [-0.3, -0.25) is 4.79 Å². The Hall–Kier alpha value is -2.81. The summed E-state index contributed by atoms with van der Waals surface area (Å²) >= 11 is 0. The Kier molecular flexibility index (Phi) is 7.15. The lowest BCUT2D eigenvalue weighted by Gasteiger charge is -2.26. The predicted molar refractivity (Wildman–Crippen MR) is 112 cm³/mol. The Morgan fingerprint density at radius 1 is 1.03 bits per heavy atom. The van der Waals surface area contributed by atoms with Crippen LogP contribution in [0.15, 0.2) is 59.5 Å². The largest absolute Gasteiger partial charge is 0.454 e. The van der Waals surface area contributed by atoms with Gasteiger partial charge in [-0.15, -0.1) is 0 Å². The lowest BCUT2D eigenvalue weighted by Crippen LogP contribution is -2.40. The molecule has 0 aromatic heterocycles. The number of rotatable bonds is 7. The van der Waals surface area contributed by atoms with Gasteiger partial charge >= 0.3 is 5.97 Å². The first-order chi connectivity index (χ1) is 14.4. The van der Waals surface area contributed by atoms with Gasteiger partial charge in [-0.05, 0) is 42.8 Å². The van der Waals surface area contributed by atoms with Crippen LogP contribution in [0.1, 0.15) is 21.5 Å². The number of carbonyl (C=O) groups excluding carboxylic acids is 2. The van der Waals surface area contributed by atoms with Crippen LogP contribution in [-0.2, 0) is 24.3 Å². The minimum atomic E-state index is -3.62. The Balaban J connectivity index is 1.55. The molecule has 2 aromatic rings. The van der Waals surface area contributed by atoms with Crippen LogP contribution in [0.3, 0.4) is 0 Å². The maximum absolute atomic E-state index is 12.6. The molecule has 7 nitrogen and oxygen atoms in total. The highest BCUT2D eigenvalue weighted by Gasteiger charge is 2.26. The summed E-state index contributed by atoms with van der Waals surface area (Å²) in [6, 6.07) is 13.2. The number of esters is 1. The summed E-state index contributed by atoms with van der Waals surface area (Å²) in [5.41, 5.74) is 2.23. The molecule has 2 aromatic carbocycles. The van der Waals surface area contributed by atoms with E-state index in [2.05, 4.69) is 0 Å². The van der Waals surface area contributed by atoms with E-state index in [0.717, 1.165) is 11.1 Å². The van der Waals surface area contributed by atoms with Crippen molar-refractivity contribution in [3.63, 3.8) is 0 Å². The van der Waals surface area contributed by atoms with E-state index < -0.39 is 28.4 Å². The SMILES string of the molecule is Cc1ccc(/C=C/C(=O)OCC(=O)c2ccc(S(=O)(=O)N3CCOCC3)cc2)cc1. The first kappa shape index (κ1) is 21.9. The van der Waals surface area contributed by atoms with Gasteiger partial charge < -0.3 is 9.47 Å². The molecule has 0 radical (unpaired) electrons. The van der Waals surface area contributed by atoms with E-state index in [1.807, 2.05) is 31.2 Å². The van der Waals surface area contributed by atoms with E-state index in [0.29, 0.717) is 26.3 Å². The molecule has 0 bridgehead atoms. The maximum atomic E-state index is 12.6. The fraction of sp³-hybridized carbons (Fsp3) is 0.273. The minimum Gasteiger partial charge on any atom is -0.454 e. The van der Waals surface area contributed by atoms with Gasteiger partial charge in [0.2, 0.25) is 10.0 Å². The molecule has 8 heteroatoms. The van der Waals surface area contributed by atoms with Crippen molar-refractivity contribution in [3.05, 3.63) is 71.3 Å². The first-order valence-electron chi connectivity index (χ1n) is 9.49. The zero-order valence-electron chi connectivity index (χ0n) is 16.6. The fourth-order valence-electron chi connectivity index (χ4n) is 2.86. The molecule has 1 aliphatic rings. The van der Waals surface area contributed by atoms with Crippen molar-refractivity contribution in [2.75, 3.05) is 32.9 Å². The van der Waals surface area contributed by atoms with Crippen molar-refractivity contribution in [1.82, 2.24) is 4.31 Å². The molecular weight excluding hydrogens is 406 g/mol. The van der Waals surface area contributed by atoms with Crippen LogP contribution >= 0.6 is 0 Å². The van der Waals surface area contributed by atoms with Crippen molar-refractivity contribution in [2.24, 2.45) is 0 Å². The van der Waals surface area contributed by atoms with Crippen LogP contribution in [0.2, 0.25) is 0 Å². The summed E-state index contributed by atoms with van der Waals surface area (Å²) in [5.74, 6) is -1.04. The Labute approximate surface area is 176 Å². The van der Waals surface area contributed by atoms with Crippen molar-refractivity contribution in [2.45, 2.75) is 11.8 Å². The van der Waals surface area contributed by atoms with Gasteiger partial charge in [0, 0.05) is 24.7 Å². The number of ketones is 1. The van der Waals surface area contributed by atoms with Gasteiger partial charge in [0.25, 0.3) is 0 Å². The molecule has 1 saturated heterocycles. The quantitative estimate of drug-likeness (QED) is 0.382. The Morgan fingerprint density at radius 2 is 1.67 bits per heavy atom. The third-order valence-electron chi connectivity index (χ3n) is 4.62. The van der Waals surface area contributed by atoms with Gasteiger partial charge in [-0.2, -0.15) is 4.31 Å². The molecule has 1 aliphatic heterocycles. The monoisotopic (exact) mass is 429 g/mol. The van der Waals surface area contributed by atoms with Crippen LogP contribution in [0.25, 0.3) is 6.08 Å². The summed E-state index contributed by atoms with van der Waals surface area (Å²) in [6.07, 6.45) is 2.87. The third-order valence-corrected chi connectivity index (χ3v) is 6.53. The maximum Gasteiger partial charge on any atom is 0.331 e. The summed E-state index contributed by atoms with van der Waals surface area (Å²) in [6.45, 7) is 2.87. The lowest BCUT2D eigenvalue weighted by molar-refractivity contribution is -0.136. The van der Waals surface area contributed by atoms with E-state index in [9.17, 15) is 18.0 Å². The highest BCUT2D eigenvalue weighted by molar-refractivity contribution is 7.89. The van der Waals surface area contributed by atoms with Crippen molar-refractivity contribution in [1.29, 1.82) is 0 Å². The van der Waals surface area contributed by atoms with Gasteiger partial charge in [-0.25, -0.2) is 13.2 Å². The van der Waals surface area contributed by atoms with E-state index in [-0.39, 0.29) is 10.5 Å². The Morgan fingerprint density at radius 3 is 2.30 bits per heavy atom. The fourth-order valence-corrected chi connectivity index (χ4v) is 4.27. The molecule has 158 valence electrons. The van der Waals surface area contributed by atoms with E-state index in [1.54, 1.807) is 6.08 Å². The molecule has 3 rings (SSSR count). The molecule has 0 spiro atoms. The smallest absolute Gasteiger partial charge is 0.331 e. The second kappa shape index (κ2) is 9.80. The molecule has 1 heterocycles. The van der Waals surface area contributed by atoms with E-state index >= 15 is 0 Å². The van der Waals surface area contributed by atoms with Gasteiger partial charge in [0.1, 0.15) is 0 Å². The van der Waals surface area contributed by atoms with Crippen LogP contribution in [0.4, 0.5) is 0 Å². The first-order valence-corrected chi connectivity index (χ1v) is 10.9. The second-order valence-electron chi connectivity index (χ2n) is 6.82. The number of sulfonamides is 1. The van der Waals surface area contributed by atoms with Gasteiger partial charge in [0.15, 0.2) is 12.4 Å². The normalized spacial score (nSPS) is 15.2. The molecule has 1 fully saturated rings. The summed E-state index contributed by atoms with van der Waals surface area (Å²) in [4.78, 5) is 24.2. The molecule has 30 heavy (non-hydrogen) atoms. The third kappa shape index (κ3) is 5.63. The van der Waals surface area contributed by atoms with Crippen molar-refractivity contribution < 1.29 is 27.5 Å². The standard InChI is InChI=1S/C22H23NO6S/c1-17-2-4-18(5-3-17)6-11-22(25)29-16-21(24)19-7-9-20(10-8-19)30(26,27)23-12-14-28-15-13-23/h2-11H,12-16H2,1H3/b11-6+. The minimum absolute atomic E-state index is 0.110. The molecule has 0 amide bonds. The molecular formula is C22H23NO6S. The number of aryl methyl sites for hydroxylation is 1. The topological polar surface area (TPSA) is 90.0 Å². The van der Waals surface area contributed by atoms with E-state index in [1.165, 1.54) is 34.6 Å². The molecule has 0 N–H and O–H groups in total. The molecule has 0 atom stereocenters. The highest BCUT2D eigenvalue weighted by atomic mass is 32.2. The second-order valence-corrected chi connectivity index (χ2v) is 8.75. The zero-order valence-corrected chi connectivity index (χ0v) is 17.4. The number of hydrogen-bond donors (Lipinski definition) is 0. The zero-order chi connectivity index (χ0) is 21.6. The van der Waals surface area contributed by atoms with Crippen molar-refractivity contribution in [3.8, 4) is 0 Å². The summed E-state index contributed by atoms with van der Waals surface area (Å²) in [5, 5.41) is 0. The number of morpholine rings is 1. The molecule has 0 saturated carbocycles. The van der Waals surface area contributed by atoms with Crippen LogP contribution < -0.4 is 0 Å². The summed E-state index contributed by atoms with van der Waals surface area (Å²) < 4.78 is 36.7. The molecule has 0 unspecified atom stereocenters. The van der Waals surface area contributed by atoms with Gasteiger partial charge in [-0.1, -0.05) is 29.8 Å². The van der Waals surface area contributed by atoms with Crippen LogP contribution in [-0.4, -0.2) is 57.4 Å². The average molecular weight is 429 g/mol. The van der Waals surface area contributed by atoms with Crippen LogP contribution in [0, 0.1) is 6.92 Å². The Bertz CT molecular complexity index is 1020. The van der Waals surface area contributed by atoms with E-state index in [4.69, 9.17) is 9.47 Å². The number of Topliss-reactive ketones (excluding diaryl/α,β-unsaturated/α-hetero) is 1. The highest BCUT2D eigenvalue weighted by Crippen LogP contribution is 2.18. The number of nitrogens with zero attached hydrogens (tertiary/aromatic N) is 1. The lowest BCUT2D eigenvalue weighted by atomic mass is 10.1. The van der Waals surface area contributed by atoms with Crippen LogP contribution in [0.5, 0.6) is 0 Å². The number of ether oxygens (including phenoxy) is 2. The molecule has 0 aliphatic carbocycles. The van der Waals surface area contributed by atoms with Crippen molar-refractivity contribution >= 4 is 27.9 Å². The average Bonchev–Trinajstić information content (AvgIpc) is 2.77. The number of hydrogen-bond acceptors (Lipinski definition) is 6. The number of benzene rings is 2. The van der Waals surface area contributed by atoms with Gasteiger partial charge in [0.05, 0.1) is 18.1 Å². The predicted octanol–water partition coefficient (Wildman–Crippen LogP) is 2.46.